The second-order valence-corrected chi connectivity index (χ2v) is 7.74. The Kier molecular flexibility index (Phi) is 5.48. The van der Waals surface area contributed by atoms with Gasteiger partial charge in [-0.3, -0.25) is 14.5 Å². The molecule has 7 heteroatoms. The fourth-order valence-electron chi connectivity index (χ4n) is 3.71. The van der Waals surface area contributed by atoms with E-state index >= 15 is 0 Å². The van der Waals surface area contributed by atoms with E-state index < -0.39 is 29.9 Å². The zero-order valence-electron chi connectivity index (χ0n) is 16.8. The van der Waals surface area contributed by atoms with Crippen molar-refractivity contribution in [1.29, 1.82) is 0 Å². The first-order valence-corrected chi connectivity index (χ1v) is 10.1. The summed E-state index contributed by atoms with van der Waals surface area (Å²) in [6.07, 6.45) is 0. The lowest BCUT2D eigenvalue weighted by Gasteiger charge is -2.28. The highest BCUT2D eigenvalue weighted by Gasteiger charge is 2.54. The Bertz CT molecular complexity index is 1110. The summed E-state index contributed by atoms with van der Waals surface area (Å²) in [6, 6.07) is 22.6. The Morgan fingerprint density at radius 3 is 2.10 bits per heavy atom. The Morgan fingerprint density at radius 2 is 1.55 bits per heavy atom. The standard InChI is InChI=1S/C24H20ClN3O3/c1-16-12-13-20(19(25)14-16)26-21(29)15-28-22(30)24(27-23(28)31,17-8-4-2-5-9-17)18-10-6-3-7-11-18/h2-14H,15H2,1H3,(H,26,29)(H,27,31). The highest BCUT2D eigenvalue weighted by Crippen LogP contribution is 2.36. The van der Waals surface area contributed by atoms with Gasteiger partial charge in [-0.05, 0) is 35.7 Å². The summed E-state index contributed by atoms with van der Waals surface area (Å²) in [5.74, 6) is -1.04. The minimum Gasteiger partial charge on any atom is -0.323 e. The number of imide groups is 1. The third-order valence-electron chi connectivity index (χ3n) is 5.22. The van der Waals surface area contributed by atoms with Crippen LogP contribution in [0.2, 0.25) is 5.02 Å². The third kappa shape index (κ3) is 3.78. The van der Waals surface area contributed by atoms with Gasteiger partial charge in [0.1, 0.15) is 6.54 Å². The van der Waals surface area contributed by atoms with Gasteiger partial charge >= 0.3 is 6.03 Å². The summed E-state index contributed by atoms with van der Waals surface area (Å²) in [5, 5.41) is 5.87. The summed E-state index contributed by atoms with van der Waals surface area (Å²) >= 11 is 6.18. The molecule has 0 radical (unpaired) electrons. The number of rotatable bonds is 5. The Labute approximate surface area is 184 Å². The zero-order valence-corrected chi connectivity index (χ0v) is 17.5. The van der Waals surface area contributed by atoms with Crippen molar-refractivity contribution in [1.82, 2.24) is 10.2 Å². The van der Waals surface area contributed by atoms with Gasteiger partial charge in [0.15, 0.2) is 5.54 Å². The number of hydrogen-bond acceptors (Lipinski definition) is 3. The number of aryl methyl sites for hydroxylation is 1. The van der Waals surface area contributed by atoms with E-state index in [4.69, 9.17) is 11.6 Å². The summed E-state index contributed by atoms with van der Waals surface area (Å²) in [5.41, 5.74) is 1.20. The lowest BCUT2D eigenvalue weighted by Crippen LogP contribution is -2.45. The third-order valence-corrected chi connectivity index (χ3v) is 5.53. The average molecular weight is 434 g/mol. The van der Waals surface area contributed by atoms with Gasteiger partial charge in [-0.1, -0.05) is 78.3 Å². The maximum absolute atomic E-state index is 13.6. The molecule has 0 spiro atoms. The van der Waals surface area contributed by atoms with E-state index in [1.54, 1.807) is 60.7 Å². The summed E-state index contributed by atoms with van der Waals surface area (Å²) < 4.78 is 0. The zero-order chi connectivity index (χ0) is 22.0. The van der Waals surface area contributed by atoms with Crippen molar-refractivity contribution >= 4 is 35.1 Å². The molecule has 0 bridgehead atoms. The molecule has 6 nitrogen and oxygen atoms in total. The lowest BCUT2D eigenvalue weighted by molar-refractivity contribution is -0.133. The van der Waals surface area contributed by atoms with E-state index in [0.717, 1.165) is 10.5 Å². The number of nitrogens with zero attached hydrogens (tertiary/aromatic N) is 1. The van der Waals surface area contributed by atoms with Crippen molar-refractivity contribution in [2.75, 3.05) is 11.9 Å². The fourth-order valence-corrected chi connectivity index (χ4v) is 3.99. The van der Waals surface area contributed by atoms with E-state index in [1.807, 2.05) is 25.1 Å². The maximum atomic E-state index is 13.6. The Balaban J connectivity index is 1.64. The maximum Gasteiger partial charge on any atom is 0.326 e. The average Bonchev–Trinajstić information content (AvgIpc) is 3.02. The van der Waals surface area contributed by atoms with Crippen LogP contribution >= 0.6 is 11.6 Å². The molecule has 156 valence electrons. The molecule has 0 aliphatic carbocycles. The van der Waals surface area contributed by atoms with Gasteiger partial charge in [0.05, 0.1) is 10.7 Å². The van der Waals surface area contributed by atoms with Gasteiger partial charge in [0, 0.05) is 0 Å². The summed E-state index contributed by atoms with van der Waals surface area (Å²) in [7, 11) is 0. The molecule has 1 saturated heterocycles. The molecule has 1 fully saturated rings. The number of amides is 4. The van der Waals surface area contributed by atoms with Crippen LogP contribution in [-0.2, 0) is 15.1 Å². The van der Waals surface area contributed by atoms with Crippen LogP contribution in [0.5, 0.6) is 0 Å². The van der Waals surface area contributed by atoms with E-state index in [-0.39, 0.29) is 0 Å². The van der Waals surface area contributed by atoms with E-state index in [2.05, 4.69) is 10.6 Å². The largest absolute Gasteiger partial charge is 0.326 e. The number of benzene rings is 3. The smallest absolute Gasteiger partial charge is 0.323 e. The molecule has 2 N–H and O–H groups in total. The van der Waals surface area contributed by atoms with Crippen LogP contribution in [0.15, 0.2) is 78.9 Å². The van der Waals surface area contributed by atoms with E-state index in [1.165, 1.54) is 0 Å². The molecule has 1 heterocycles. The van der Waals surface area contributed by atoms with Crippen molar-refractivity contribution in [3.05, 3.63) is 101 Å². The van der Waals surface area contributed by atoms with Crippen molar-refractivity contribution < 1.29 is 14.4 Å². The number of urea groups is 1. The molecule has 3 aromatic rings. The van der Waals surface area contributed by atoms with Crippen LogP contribution in [0.3, 0.4) is 0 Å². The van der Waals surface area contributed by atoms with Gasteiger partial charge in [-0.15, -0.1) is 0 Å². The second-order valence-electron chi connectivity index (χ2n) is 7.33. The first-order valence-electron chi connectivity index (χ1n) is 9.73. The van der Waals surface area contributed by atoms with Crippen LogP contribution in [0.25, 0.3) is 0 Å². The molecule has 31 heavy (non-hydrogen) atoms. The van der Waals surface area contributed by atoms with Crippen molar-refractivity contribution in [2.45, 2.75) is 12.5 Å². The molecular weight excluding hydrogens is 414 g/mol. The topological polar surface area (TPSA) is 78.5 Å². The fraction of sp³-hybridized carbons (Fsp3) is 0.125. The van der Waals surface area contributed by atoms with Crippen LogP contribution in [0, 0.1) is 6.92 Å². The van der Waals surface area contributed by atoms with Crippen LogP contribution < -0.4 is 10.6 Å². The molecule has 1 aliphatic rings. The van der Waals surface area contributed by atoms with Gasteiger partial charge in [0.2, 0.25) is 5.91 Å². The number of nitrogens with one attached hydrogen (secondary N) is 2. The molecule has 4 rings (SSSR count). The Hall–Kier alpha value is -3.64. The summed E-state index contributed by atoms with van der Waals surface area (Å²) in [4.78, 5) is 40.0. The van der Waals surface area contributed by atoms with Crippen molar-refractivity contribution in [3.8, 4) is 0 Å². The first-order chi connectivity index (χ1) is 14.9. The molecule has 4 amide bonds. The van der Waals surface area contributed by atoms with Gasteiger partial charge in [-0.25, -0.2) is 4.79 Å². The Morgan fingerprint density at radius 1 is 0.968 bits per heavy atom. The second kappa shape index (κ2) is 8.24. The SMILES string of the molecule is Cc1ccc(NC(=O)CN2C(=O)NC(c3ccccc3)(c3ccccc3)C2=O)c(Cl)c1. The minimum atomic E-state index is -1.40. The number of carbonyl (C=O) groups excluding carboxylic acids is 3. The molecule has 0 unspecified atom stereocenters. The molecule has 1 aliphatic heterocycles. The molecule has 0 atom stereocenters. The van der Waals surface area contributed by atoms with E-state index in [0.29, 0.717) is 21.8 Å². The van der Waals surface area contributed by atoms with Crippen LogP contribution in [-0.4, -0.2) is 29.3 Å². The quantitative estimate of drug-likeness (QED) is 0.595. The highest BCUT2D eigenvalue weighted by atomic mass is 35.5. The van der Waals surface area contributed by atoms with E-state index in [9.17, 15) is 14.4 Å². The van der Waals surface area contributed by atoms with Crippen molar-refractivity contribution in [3.63, 3.8) is 0 Å². The molecule has 0 aromatic heterocycles. The predicted molar refractivity (Wildman–Crippen MR) is 119 cm³/mol. The van der Waals surface area contributed by atoms with Gasteiger partial charge in [-0.2, -0.15) is 0 Å². The summed E-state index contributed by atoms with van der Waals surface area (Å²) in [6.45, 7) is 1.45. The normalized spacial score (nSPS) is 15.0. The monoisotopic (exact) mass is 433 g/mol. The van der Waals surface area contributed by atoms with Gasteiger partial charge in [0.25, 0.3) is 5.91 Å². The molecule has 3 aromatic carbocycles. The lowest BCUT2D eigenvalue weighted by atomic mass is 9.82. The highest BCUT2D eigenvalue weighted by molar-refractivity contribution is 6.33. The van der Waals surface area contributed by atoms with Crippen LogP contribution in [0.4, 0.5) is 10.5 Å². The van der Waals surface area contributed by atoms with Crippen LogP contribution in [0.1, 0.15) is 16.7 Å². The predicted octanol–water partition coefficient (Wildman–Crippen LogP) is 4.08. The number of hydrogen-bond donors (Lipinski definition) is 2. The minimum absolute atomic E-state index is 0.383. The first kappa shape index (κ1) is 20.6. The number of carbonyl (C=O) groups is 3. The van der Waals surface area contributed by atoms with Crippen molar-refractivity contribution in [2.24, 2.45) is 0 Å². The molecular formula is C24H20ClN3O3. The van der Waals surface area contributed by atoms with Gasteiger partial charge < -0.3 is 10.6 Å². The number of anilines is 1. The molecule has 0 saturated carbocycles. The number of halogens is 1.